The first kappa shape index (κ1) is 20.6. The molecule has 0 fully saturated rings. The average Bonchev–Trinajstić information content (AvgIpc) is 3.38. The van der Waals surface area contributed by atoms with Crippen LogP contribution in [0.25, 0.3) is 21.6 Å². The number of aromatic nitrogens is 2. The Labute approximate surface area is 183 Å². The number of para-hydroxylation sites is 1. The number of nitrogens with one attached hydrogen (secondary N) is 2. The van der Waals surface area contributed by atoms with E-state index in [0.29, 0.717) is 22.8 Å². The Balaban J connectivity index is 1.62. The third-order valence-corrected chi connectivity index (χ3v) is 5.72. The lowest BCUT2D eigenvalue weighted by molar-refractivity contribution is -0.114. The van der Waals surface area contributed by atoms with Gasteiger partial charge in [0.1, 0.15) is 16.5 Å². The lowest BCUT2D eigenvalue weighted by atomic mass is 10.2. The standard InChI is InChI=1S/C23H22N4O3S/c1-4-27-19-8-6-5-7-15(19)11-20(27)23-26-18(13-31-23)22(29)25-17-12-16(24-14(2)28)9-10-21(17)30-3/h5-13H,4H2,1-3H3,(H,24,28)(H,25,29). The van der Waals surface area contributed by atoms with Gasteiger partial charge in [-0.25, -0.2) is 4.98 Å². The molecule has 4 rings (SSSR count). The summed E-state index contributed by atoms with van der Waals surface area (Å²) in [7, 11) is 1.52. The van der Waals surface area contributed by atoms with Crippen molar-refractivity contribution in [1.82, 2.24) is 9.55 Å². The number of thiazole rings is 1. The molecule has 0 bridgehead atoms. The minimum absolute atomic E-state index is 0.196. The summed E-state index contributed by atoms with van der Waals surface area (Å²) in [5, 5.41) is 9.19. The van der Waals surface area contributed by atoms with Crippen LogP contribution in [0.4, 0.5) is 11.4 Å². The highest BCUT2D eigenvalue weighted by atomic mass is 32.1. The Morgan fingerprint density at radius 1 is 1.13 bits per heavy atom. The molecule has 2 aromatic heterocycles. The number of carbonyl (C=O) groups excluding carboxylic acids is 2. The van der Waals surface area contributed by atoms with Crippen molar-refractivity contribution in [2.75, 3.05) is 17.7 Å². The monoisotopic (exact) mass is 434 g/mol. The Hall–Kier alpha value is -3.65. The fourth-order valence-corrected chi connectivity index (χ4v) is 4.32. The summed E-state index contributed by atoms with van der Waals surface area (Å²) in [6, 6.07) is 15.3. The maximum atomic E-state index is 12.9. The molecule has 0 saturated carbocycles. The van der Waals surface area contributed by atoms with Gasteiger partial charge in [-0.15, -0.1) is 11.3 Å². The second-order valence-corrected chi connectivity index (χ2v) is 7.78. The molecule has 0 aliphatic carbocycles. The van der Waals surface area contributed by atoms with Crippen LogP contribution < -0.4 is 15.4 Å². The van der Waals surface area contributed by atoms with Gasteiger partial charge in [-0.3, -0.25) is 9.59 Å². The smallest absolute Gasteiger partial charge is 0.275 e. The number of hydrogen-bond donors (Lipinski definition) is 2. The van der Waals surface area contributed by atoms with Crippen LogP contribution in [-0.2, 0) is 11.3 Å². The van der Waals surface area contributed by atoms with Gasteiger partial charge in [-0.1, -0.05) is 18.2 Å². The molecule has 2 aromatic carbocycles. The fraction of sp³-hybridized carbons (Fsp3) is 0.174. The number of amides is 2. The molecule has 0 aliphatic heterocycles. The quantitative estimate of drug-likeness (QED) is 0.447. The van der Waals surface area contributed by atoms with Crippen molar-refractivity contribution in [3.8, 4) is 16.5 Å². The van der Waals surface area contributed by atoms with E-state index in [0.717, 1.165) is 28.1 Å². The molecule has 0 spiro atoms. The predicted octanol–water partition coefficient (Wildman–Crippen LogP) is 5.00. The second-order valence-electron chi connectivity index (χ2n) is 6.92. The van der Waals surface area contributed by atoms with E-state index in [1.165, 1.54) is 25.4 Å². The number of anilines is 2. The van der Waals surface area contributed by atoms with Gasteiger partial charge in [0, 0.05) is 35.4 Å². The van der Waals surface area contributed by atoms with Crippen LogP contribution in [-0.4, -0.2) is 28.5 Å². The van der Waals surface area contributed by atoms with Crippen LogP contribution in [0, 0.1) is 0 Å². The van der Waals surface area contributed by atoms with E-state index in [1.54, 1.807) is 23.6 Å². The first-order chi connectivity index (χ1) is 15.0. The summed E-state index contributed by atoms with van der Waals surface area (Å²) in [6.45, 7) is 4.32. The summed E-state index contributed by atoms with van der Waals surface area (Å²) >= 11 is 1.43. The topological polar surface area (TPSA) is 85.3 Å². The van der Waals surface area contributed by atoms with E-state index in [9.17, 15) is 9.59 Å². The molecule has 31 heavy (non-hydrogen) atoms. The minimum atomic E-state index is -0.347. The number of hydrogen-bond acceptors (Lipinski definition) is 5. The van der Waals surface area contributed by atoms with Crippen LogP contribution in [0.2, 0.25) is 0 Å². The Kier molecular flexibility index (Phi) is 5.73. The Bertz CT molecular complexity index is 1280. The van der Waals surface area contributed by atoms with Crippen molar-refractivity contribution < 1.29 is 14.3 Å². The molecule has 4 aromatic rings. The zero-order chi connectivity index (χ0) is 22.0. The Morgan fingerprint density at radius 3 is 2.68 bits per heavy atom. The van der Waals surface area contributed by atoms with Crippen LogP contribution >= 0.6 is 11.3 Å². The van der Waals surface area contributed by atoms with Crippen molar-refractivity contribution in [2.24, 2.45) is 0 Å². The molecule has 7 nitrogen and oxygen atoms in total. The fourth-order valence-electron chi connectivity index (χ4n) is 3.50. The molecule has 0 radical (unpaired) electrons. The highest BCUT2D eigenvalue weighted by Crippen LogP contribution is 2.32. The van der Waals surface area contributed by atoms with E-state index >= 15 is 0 Å². The molecule has 0 saturated heterocycles. The zero-order valence-electron chi connectivity index (χ0n) is 17.4. The highest BCUT2D eigenvalue weighted by molar-refractivity contribution is 7.13. The molecule has 8 heteroatoms. The van der Waals surface area contributed by atoms with Gasteiger partial charge in [0.05, 0.1) is 18.5 Å². The third kappa shape index (κ3) is 4.15. The summed E-state index contributed by atoms with van der Waals surface area (Å²) in [5.74, 6) is -0.0538. The summed E-state index contributed by atoms with van der Waals surface area (Å²) in [6.07, 6.45) is 0. The number of rotatable bonds is 6. The molecular weight excluding hydrogens is 412 g/mol. The van der Waals surface area contributed by atoms with E-state index in [1.807, 2.05) is 12.1 Å². The van der Waals surface area contributed by atoms with Gasteiger partial charge in [-0.2, -0.15) is 0 Å². The van der Waals surface area contributed by atoms with E-state index < -0.39 is 0 Å². The zero-order valence-corrected chi connectivity index (χ0v) is 18.2. The first-order valence-corrected chi connectivity index (χ1v) is 10.7. The van der Waals surface area contributed by atoms with Gasteiger partial charge in [0.15, 0.2) is 0 Å². The Morgan fingerprint density at radius 2 is 1.94 bits per heavy atom. The van der Waals surface area contributed by atoms with Gasteiger partial charge in [0.2, 0.25) is 5.91 Å². The maximum Gasteiger partial charge on any atom is 0.275 e. The molecule has 0 unspecified atom stereocenters. The first-order valence-electron chi connectivity index (χ1n) is 9.81. The van der Waals surface area contributed by atoms with Gasteiger partial charge in [-0.05, 0) is 37.3 Å². The number of benzene rings is 2. The summed E-state index contributed by atoms with van der Waals surface area (Å²) < 4.78 is 7.52. The van der Waals surface area contributed by atoms with Gasteiger partial charge in [0.25, 0.3) is 5.91 Å². The van der Waals surface area contributed by atoms with Crippen molar-refractivity contribution in [2.45, 2.75) is 20.4 Å². The SMILES string of the molecule is CCn1c(-c2nc(C(=O)Nc3cc(NC(C)=O)ccc3OC)cs2)cc2ccccc21. The normalized spacial score (nSPS) is 10.8. The lowest BCUT2D eigenvalue weighted by Crippen LogP contribution is -2.14. The van der Waals surface area contributed by atoms with Crippen molar-refractivity contribution in [3.05, 3.63) is 59.6 Å². The van der Waals surface area contributed by atoms with Crippen LogP contribution in [0.3, 0.4) is 0 Å². The second kappa shape index (κ2) is 8.61. The molecule has 2 heterocycles. The van der Waals surface area contributed by atoms with Gasteiger partial charge < -0.3 is 19.9 Å². The van der Waals surface area contributed by atoms with E-state index in [2.05, 4.69) is 45.3 Å². The van der Waals surface area contributed by atoms with Crippen LogP contribution in [0.5, 0.6) is 5.75 Å². The number of nitrogens with zero attached hydrogens (tertiary/aromatic N) is 2. The molecule has 158 valence electrons. The lowest BCUT2D eigenvalue weighted by Gasteiger charge is -2.11. The number of fused-ring (bicyclic) bond motifs is 1. The van der Waals surface area contributed by atoms with Crippen molar-refractivity contribution >= 4 is 45.4 Å². The number of carbonyl (C=O) groups is 2. The molecule has 2 N–H and O–H groups in total. The number of methoxy groups -OCH3 is 1. The third-order valence-electron chi connectivity index (χ3n) is 4.85. The predicted molar refractivity (Wildman–Crippen MR) is 124 cm³/mol. The maximum absolute atomic E-state index is 12.9. The van der Waals surface area contributed by atoms with Crippen LogP contribution in [0.15, 0.2) is 53.9 Å². The number of aryl methyl sites for hydroxylation is 1. The molecule has 0 atom stereocenters. The summed E-state index contributed by atoms with van der Waals surface area (Å²) in [5.41, 5.74) is 3.46. The van der Waals surface area contributed by atoms with Crippen molar-refractivity contribution in [3.63, 3.8) is 0 Å². The minimum Gasteiger partial charge on any atom is -0.495 e. The average molecular weight is 435 g/mol. The molecular formula is C23H22N4O3S. The number of ether oxygens (including phenoxy) is 1. The van der Waals surface area contributed by atoms with Crippen LogP contribution in [0.1, 0.15) is 24.3 Å². The summed E-state index contributed by atoms with van der Waals surface area (Å²) in [4.78, 5) is 28.8. The molecule has 2 amide bonds. The van der Waals surface area contributed by atoms with E-state index in [4.69, 9.17) is 4.74 Å². The largest absolute Gasteiger partial charge is 0.495 e. The highest BCUT2D eigenvalue weighted by Gasteiger charge is 2.17. The van der Waals surface area contributed by atoms with Crippen molar-refractivity contribution in [1.29, 1.82) is 0 Å². The van der Waals surface area contributed by atoms with Gasteiger partial charge >= 0.3 is 0 Å². The molecule has 0 aliphatic rings. The van der Waals surface area contributed by atoms with E-state index in [-0.39, 0.29) is 11.8 Å².